The first-order chi connectivity index (χ1) is 14.5. The number of piperazine rings is 1. The molecule has 30 heavy (non-hydrogen) atoms. The molecule has 1 aliphatic heterocycles. The summed E-state index contributed by atoms with van der Waals surface area (Å²) in [4.78, 5) is 21.7. The van der Waals surface area contributed by atoms with Crippen LogP contribution in [0, 0.1) is 12.7 Å². The summed E-state index contributed by atoms with van der Waals surface area (Å²) in [5, 5.41) is 13.0. The zero-order valence-electron chi connectivity index (χ0n) is 16.6. The Balaban J connectivity index is 1.31. The van der Waals surface area contributed by atoms with Gasteiger partial charge in [-0.2, -0.15) is 0 Å². The molecule has 2 heterocycles. The summed E-state index contributed by atoms with van der Waals surface area (Å²) in [6.45, 7) is 4.30. The second-order valence-electron chi connectivity index (χ2n) is 7.32. The maximum Gasteiger partial charge on any atom is 0.323 e. The molecule has 4 rings (SSSR count). The Morgan fingerprint density at radius 1 is 1.20 bits per heavy atom. The molecule has 6 nitrogen and oxygen atoms in total. The molecule has 0 radical (unpaired) electrons. The minimum absolute atomic E-state index is 0.173. The highest BCUT2D eigenvalue weighted by Crippen LogP contribution is 2.24. The number of nitrogens with zero attached hydrogens (tertiary/aromatic N) is 3. The van der Waals surface area contributed by atoms with E-state index in [1.165, 1.54) is 11.3 Å². The number of hydrogen-bond acceptors (Lipinski definition) is 5. The van der Waals surface area contributed by atoms with Crippen molar-refractivity contribution in [1.29, 1.82) is 0 Å². The van der Waals surface area contributed by atoms with Gasteiger partial charge in [0.15, 0.2) is 5.13 Å². The average Bonchev–Trinajstić information content (AvgIpc) is 3.17. The Labute approximate surface area is 178 Å². The lowest BCUT2D eigenvalue weighted by molar-refractivity contribution is 0.208. The van der Waals surface area contributed by atoms with Crippen molar-refractivity contribution in [1.82, 2.24) is 9.88 Å². The smallest absolute Gasteiger partial charge is 0.323 e. The van der Waals surface area contributed by atoms with Crippen LogP contribution >= 0.6 is 11.3 Å². The highest BCUT2D eigenvalue weighted by molar-refractivity contribution is 7.15. The monoisotopic (exact) mass is 426 g/mol. The number of thiazole rings is 1. The number of halogens is 1. The lowest BCUT2D eigenvalue weighted by Gasteiger charge is -2.35. The first kappa shape index (κ1) is 20.2. The van der Waals surface area contributed by atoms with E-state index in [2.05, 4.69) is 15.2 Å². The van der Waals surface area contributed by atoms with Crippen molar-refractivity contribution in [2.45, 2.75) is 13.3 Å². The van der Waals surface area contributed by atoms with Crippen molar-refractivity contribution in [2.75, 3.05) is 36.4 Å². The zero-order chi connectivity index (χ0) is 21.1. The summed E-state index contributed by atoms with van der Waals surface area (Å²) in [6.07, 6.45) is 2.30. The number of aromatic hydroxyl groups is 1. The lowest BCUT2D eigenvalue weighted by Crippen LogP contribution is -2.50. The second-order valence-corrected chi connectivity index (χ2v) is 8.43. The lowest BCUT2D eigenvalue weighted by atomic mass is 10.1. The number of aromatic nitrogens is 1. The van der Waals surface area contributed by atoms with Gasteiger partial charge >= 0.3 is 6.03 Å². The number of anilines is 2. The quantitative estimate of drug-likeness (QED) is 0.655. The molecule has 0 atom stereocenters. The topological polar surface area (TPSA) is 68.7 Å². The Bertz CT molecular complexity index is 1050. The summed E-state index contributed by atoms with van der Waals surface area (Å²) in [5.74, 6) is 0.0241. The van der Waals surface area contributed by atoms with Crippen LogP contribution in [-0.2, 0) is 6.42 Å². The van der Waals surface area contributed by atoms with Gasteiger partial charge in [-0.05, 0) is 36.2 Å². The minimum Gasteiger partial charge on any atom is -0.508 e. The highest BCUT2D eigenvalue weighted by atomic mass is 32.1. The van der Waals surface area contributed by atoms with Crippen molar-refractivity contribution in [3.05, 3.63) is 70.5 Å². The van der Waals surface area contributed by atoms with Gasteiger partial charge in [0.05, 0.1) is 0 Å². The third-order valence-electron chi connectivity index (χ3n) is 5.14. The van der Waals surface area contributed by atoms with Crippen LogP contribution in [0.2, 0.25) is 0 Å². The summed E-state index contributed by atoms with van der Waals surface area (Å²) in [7, 11) is 0. The normalized spacial score (nSPS) is 14.1. The number of urea groups is 1. The fourth-order valence-corrected chi connectivity index (χ4v) is 4.26. The Morgan fingerprint density at radius 2 is 2.00 bits per heavy atom. The molecule has 3 aromatic rings. The first-order valence-corrected chi connectivity index (χ1v) is 10.6. The summed E-state index contributed by atoms with van der Waals surface area (Å²) in [6, 6.07) is 12.2. The number of amides is 2. The van der Waals surface area contributed by atoms with Crippen LogP contribution in [0.25, 0.3) is 0 Å². The fourth-order valence-electron chi connectivity index (χ4n) is 3.42. The second kappa shape index (κ2) is 8.71. The minimum atomic E-state index is -0.213. The van der Waals surface area contributed by atoms with E-state index >= 15 is 0 Å². The van der Waals surface area contributed by atoms with Crippen molar-refractivity contribution < 1.29 is 14.3 Å². The van der Waals surface area contributed by atoms with Gasteiger partial charge < -0.3 is 14.9 Å². The molecule has 0 unspecified atom stereocenters. The van der Waals surface area contributed by atoms with E-state index in [4.69, 9.17) is 0 Å². The Morgan fingerprint density at radius 3 is 2.73 bits per heavy atom. The molecule has 1 saturated heterocycles. The van der Waals surface area contributed by atoms with Gasteiger partial charge in [0.2, 0.25) is 0 Å². The molecule has 1 aliphatic rings. The van der Waals surface area contributed by atoms with Gasteiger partial charge in [0.25, 0.3) is 0 Å². The summed E-state index contributed by atoms with van der Waals surface area (Å²) < 4.78 is 13.7. The van der Waals surface area contributed by atoms with E-state index in [9.17, 15) is 14.3 Å². The molecule has 0 aliphatic carbocycles. The van der Waals surface area contributed by atoms with Crippen LogP contribution in [0.5, 0.6) is 5.75 Å². The maximum absolute atomic E-state index is 13.7. The van der Waals surface area contributed by atoms with Crippen LogP contribution in [0.3, 0.4) is 0 Å². The van der Waals surface area contributed by atoms with Gasteiger partial charge in [-0.3, -0.25) is 5.32 Å². The fraction of sp³-hybridized carbons (Fsp3) is 0.273. The van der Waals surface area contributed by atoms with Gasteiger partial charge in [0.1, 0.15) is 11.6 Å². The predicted molar refractivity (Wildman–Crippen MR) is 117 cm³/mol. The number of benzene rings is 2. The van der Waals surface area contributed by atoms with Gasteiger partial charge in [-0.15, -0.1) is 11.3 Å². The first-order valence-electron chi connectivity index (χ1n) is 9.77. The molecule has 2 N–H and O–H groups in total. The summed E-state index contributed by atoms with van der Waals surface area (Å²) in [5.41, 5.74) is 2.45. The number of aryl methyl sites for hydroxylation is 1. The molecule has 0 spiro atoms. The van der Waals surface area contributed by atoms with Crippen molar-refractivity contribution in [2.24, 2.45) is 0 Å². The number of nitrogens with one attached hydrogen (secondary N) is 1. The number of rotatable bonds is 4. The molecule has 1 fully saturated rings. The Kier molecular flexibility index (Phi) is 5.85. The molecule has 2 amide bonds. The average molecular weight is 427 g/mol. The highest BCUT2D eigenvalue weighted by Gasteiger charge is 2.22. The maximum atomic E-state index is 13.7. The van der Waals surface area contributed by atoms with Crippen LogP contribution in [0.1, 0.15) is 16.0 Å². The van der Waals surface area contributed by atoms with Gasteiger partial charge in [-0.25, -0.2) is 14.2 Å². The largest absolute Gasteiger partial charge is 0.508 e. The molecular weight excluding hydrogens is 403 g/mol. The van der Waals surface area contributed by atoms with Crippen LogP contribution < -0.4 is 10.2 Å². The molecule has 0 bridgehead atoms. The summed E-state index contributed by atoms with van der Waals surface area (Å²) >= 11 is 1.40. The van der Waals surface area contributed by atoms with E-state index in [1.807, 2.05) is 18.2 Å². The van der Waals surface area contributed by atoms with Gasteiger partial charge in [-0.1, -0.05) is 18.2 Å². The molecule has 0 saturated carbocycles. The SMILES string of the molecule is Cc1ccc(Cc2cnc(NC(=O)N3CCN(c4cccc(O)c4)CC3)s2)cc1F. The predicted octanol–water partition coefficient (Wildman–Crippen LogP) is 4.24. The molecular formula is C22H23FN4O2S. The van der Waals surface area contributed by atoms with Crippen molar-refractivity contribution >= 4 is 28.2 Å². The van der Waals surface area contributed by atoms with Gasteiger partial charge in [0, 0.05) is 55.4 Å². The van der Waals surface area contributed by atoms with Crippen LogP contribution in [0.15, 0.2) is 48.7 Å². The van der Waals surface area contributed by atoms with Crippen molar-refractivity contribution in [3.63, 3.8) is 0 Å². The van der Waals surface area contributed by atoms with Crippen molar-refractivity contribution in [3.8, 4) is 5.75 Å². The van der Waals surface area contributed by atoms with E-state index < -0.39 is 0 Å². The number of phenolic OH excluding ortho intramolecular Hbond substituents is 1. The van der Waals surface area contributed by atoms with Crippen LogP contribution in [-0.4, -0.2) is 47.2 Å². The molecule has 2 aromatic carbocycles. The van der Waals surface area contributed by atoms with E-state index in [1.54, 1.807) is 42.3 Å². The Hall–Kier alpha value is -3.13. The van der Waals surface area contributed by atoms with Crippen LogP contribution in [0.4, 0.5) is 20.0 Å². The number of carbonyl (C=O) groups excluding carboxylic acids is 1. The standard InChI is InChI=1S/C22H23FN4O2S/c1-15-5-6-16(12-20(15)23)11-19-14-24-21(30-19)25-22(29)27-9-7-26(8-10-27)17-3-2-4-18(28)13-17/h2-6,12-14,28H,7-11H2,1H3,(H,24,25,29). The number of carbonyl (C=O) groups is 1. The zero-order valence-corrected chi connectivity index (χ0v) is 17.5. The number of hydrogen-bond donors (Lipinski definition) is 2. The third-order valence-corrected chi connectivity index (χ3v) is 6.06. The third kappa shape index (κ3) is 4.71. The van der Waals surface area contributed by atoms with E-state index in [0.29, 0.717) is 43.3 Å². The van der Waals surface area contributed by atoms with E-state index in [0.717, 1.165) is 16.1 Å². The molecule has 156 valence electrons. The molecule has 8 heteroatoms. The number of phenols is 1. The molecule has 1 aromatic heterocycles. The van der Waals surface area contributed by atoms with E-state index in [-0.39, 0.29) is 17.6 Å².